The average molecular weight is 315 g/mol. The molecule has 23 heavy (non-hydrogen) atoms. The number of halogens is 1. The first kappa shape index (κ1) is 15.3. The van der Waals surface area contributed by atoms with Gasteiger partial charge in [-0.3, -0.25) is 4.79 Å². The Morgan fingerprint density at radius 3 is 3.04 bits per heavy atom. The molecule has 0 bridgehead atoms. The van der Waals surface area contributed by atoms with Gasteiger partial charge >= 0.3 is 0 Å². The molecule has 1 aliphatic heterocycles. The topological polar surface area (TPSA) is 47.6 Å². The van der Waals surface area contributed by atoms with Crippen molar-refractivity contribution in [3.05, 3.63) is 59.4 Å². The Kier molecular flexibility index (Phi) is 4.46. The predicted octanol–water partition coefficient (Wildman–Crippen LogP) is 3.15. The van der Waals surface area contributed by atoms with Gasteiger partial charge in [0.15, 0.2) is 6.61 Å². The molecule has 0 radical (unpaired) electrons. The van der Waals surface area contributed by atoms with Crippen molar-refractivity contribution in [2.75, 3.05) is 13.2 Å². The molecule has 1 unspecified atom stereocenters. The van der Waals surface area contributed by atoms with Gasteiger partial charge in [0.05, 0.1) is 12.6 Å². The second-order valence-electron chi connectivity index (χ2n) is 5.54. The molecule has 120 valence electrons. The van der Waals surface area contributed by atoms with Crippen molar-refractivity contribution < 1.29 is 18.7 Å². The molecule has 1 atom stereocenters. The summed E-state index contributed by atoms with van der Waals surface area (Å²) in [4.78, 5) is 12.1. The highest BCUT2D eigenvalue weighted by atomic mass is 19.1. The van der Waals surface area contributed by atoms with E-state index >= 15 is 0 Å². The smallest absolute Gasteiger partial charge is 0.258 e. The third kappa shape index (κ3) is 3.80. The molecule has 1 amide bonds. The summed E-state index contributed by atoms with van der Waals surface area (Å²) in [7, 11) is 0. The summed E-state index contributed by atoms with van der Waals surface area (Å²) in [5.74, 6) is 0.680. The second kappa shape index (κ2) is 6.69. The molecule has 0 saturated heterocycles. The number of carbonyl (C=O) groups is 1. The fourth-order valence-electron chi connectivity index (χ4n) is 2.61. The Hall–Kier alpha value is -2.56. The van der Waals surface area contributed by atoms with Crippen LogP contribution in [0.3, 0.4) is 0 Å². The summed E-state index contributed by atoms with van der Waals surface area (Å²) in [6.45, 7) is 2.37. The van der Waals surface area contributed by atoms with Crippen molar-refractivity contribution in [1.82, 2.24) is 5.32 Å². The van der Waals surface area contributed by atoms with Crippen molar-refractivity contribution in [3.8, 4) is 11.5 Å². The van der Waals surface area contributed by atoms with Gasteiger partial charge in [0.2, 0.25) is 0 Å². The lowest BCUT2D eigenvalue weighted by Gasteiger charge is -2.26. The zero-order valence-electron chi connectivity index (χ0n) is 12.8. The van der Waals surface area contributed by atoms with Gasteiger partial charge in [-0.2, -0.15) is 0 Å². The Bertz CT molecular complexity index is 717. The lowest BCUT2D eigenvalue weighted by molar-refractivity contribution is -0.124. The van der Waals surface area contributed by atoms with Gasteiger partial charge in [0.1, 0.15) is 17.3 Å². The van der Waals surface area contributed by atoms with Crippen LogP contribution in [0.1, 0.15) is 23.6 Å². The molecule has 2 aromatic carbocycles. The van der Waals surface area contributed by atoms with Crippen LogP contribution in [-0.2, 0) is 4.79 Å². The van der Waals surface area contributed by atoms with E-state index in [4.69, 9.17) is 9.47 Å². The van der Waals surface area contributed by atoms with Gasteiger partial charge in [0, 0.05) is 12.0 Å². The summed E-state index contributed by atoms with van der Waals surface area (Å²) < 4.78 is 24.4. The Balaban J connectivity index is 1.62. The molecule has 0 saturated carbocycles. The first-order valence-corrected chi connectivity index (χ1v) is 7.53. The highest BCUT2D eigenvalue weighted by Gasteiger charge is 2.23. The highest BCUT2D eigenvalue weighted by Crippen LogP contribution is 2.32. The Labute approximate surface area is 134 Å². The van der Waals surface area contributed by atoms with Crippen LogP contribution in [0.25, 0.3) is 0 Å². The summed E-state index contributed by atoms with van der Waals surface area (Å²) in [6.07, 6.45) is 0.604. The Morgan fingerprint density at radius 2 is 2.22 bits per heavy atom. The number of aryl methyl sites for hydroxylation is 1. The zero-order chi connectivity index (χ0) is 16.2. The number of ether oxygens (including phenoxy) is 2. The van der Waals surface area contributed by atoms with Gasteiger partial charge in [-0.05, 0) is 42.8 Å². The number of rotatable bonds is 4. The SMILES string of the molecule is Cc1cccc(OCC(=O)NC2CCOc3ccc(F)cc32)c1. The van der Waals surface area contributed by atoms with E-state index in [2.05, 4.69) is 5.32 Å². The fourth-order valence-corrected chi connectivity index (χ4v) is 2.61. The van der Waals surface area contributed by atoms with Gasteiger partial charge in [-0.1, -0.05) is 12.1 Å². The van der Waals surface area contributed by atoms with Crippen LogP contribution >= 0.6 is 0 Å². The van der Waals surface area contributed by atoms with E-state index in [-0.39, 0.29) is 24.4 Å². The summed E-state index contributed by atoms with van der Waals surface area (Å²) in [6, 6.07) is 11.6. The largest absolute Gasteiger partial charge is 0.493 e. The van der Waals surface area contributed by atoms with Crippen molar-refractivity contribution >= 4 is 5.91 Å². The number of nitrogens with one attached hydrogen (secondary N) is 1. The molecule has 4 nitrogen and oxygen atoms in total. The third-order valence-electron chi connectivity index (χ3n) is 3.71. The monoisotopic (exact) mass is 315 g/mol. The standard InChI is InChI=1S/C18H18FNO3/c1-12-3-2-4-14(9-12)23-11-18(21)20-16-7-8-22-17-6-5-13(19)10-15(16)17/h2-6,9-10,16H,7-8,11H2,1H3,(H,20,21). The van der Waals surface area contributed by atoms with E-state index in [0.717, 1.165) is 5.56 Å². The van der Waals surface area contributed by atoms with Gasteiger partial charge in [-0.25, -0.2) is 4.39 Å². The molecule has 0 fully saturated rings. The maximum Gasteiger partial charge on any atom is 0.258 e. The number of benzene rings is 2. The summed E-state index contributed by atoms with van der Waals surface area (Å²) in [5.41, 5.74) is 1.73. The maximum absolute atomic E-state index is 13.4. The van der Waals surface area contributed by atoms with E-state index in [9.17, 15) is 9.18 Å². The number of carbonyl (C=O) groups excluding carboxylic acids is 1. The second-order valence-corrected chi connectivity index (χ2v) is 5.54. The quantitative estimate of drug-likeness (QED) is 0.943. The van der Waals surface area contributed by atoms with Crippen molar-refractivity contribution in [2.24, 2.45) is 0 Å². The third-order valence-corrected chi connectivity index (χ3v) is 3.71. The summed E-state index contributed by atoms with van der Waals surface area (Å²) >= 11 is 0. The van der Waals surface area contributed by atoms with E-state index < -0.39 is 0 Å². The van der Waals surface area contributed by atoms with Crippen LogP contribution < -0.4 is 14.8 Å². The fraction of sp³-hybridized carbons (Fsp3) is 0.278. The number of hydrogen-bond acceptors (Lipinski definition) is 3. The number of hydrogen-bond donors (Lipinski definition) is 1. The highest BCUT2D eigenvalue weighted by molar-refractivity contribution is 5.78. The number of amides is 1. The van der Waals surface area contributed by atoms with Crippen LogP contribution in [0.15, 0.2) is 42.5 Å². The van der Waals surface area contributed by atoms with Crippen LogP contribution in [0.5, 0.6) is 11.5 Å². The van der Waals surface area contributed by atoms with Gasteiger partial charge in [-0.15, -0.1) is 0 Å². The molecule has 3 rings (SSSR count). The van der Waals surface area contributed by atoms with Crippen molar-refractivity contribution in [3.63, 3.8) is 0 Å². The van der Waals surface area contributed by atoms with E-state index in [1.807, 2.05) is 25.1 Å². The van der Waals surface area contributed by atoms with Gasteiger partial charge in [0.25, 0.3) is 5.91 Å². The average Bonchev–Trinajstić information content (AvgIpc) is 2.54. The maximum atomic E-state index is 13.4. The van der Waals surface area contributed by atoms with Crippen molar-refractivity contribution in [2.45, 2.75) is 19.4 Å². The van der Waals surface area contributed by atoms with Crippen LogP contribution in [0.2, 0.25) is 0 Å². The normalized spacial score (nSPS) is 16.2. The van der Waals surface area contributed by atoms with E-state index in [1.165, 1.54) is 12.1 Å². The van der Waals surface area contributed by atoms with Crippen LogP contribution in [0.4, 0.5) is 4.39 Å². The van der Waals surface area contributed by atoms with Crippen LogP contribution in [-0.4, -0.2) is 19.1 Å². The summed E-state index contributed by atoms with van der Waals surface area (Å²) in [5, 5.41) is 2.88. The minimum absolute atomic E-state index is 0.0779. The first-order chi connectivity index (χ1) is 11.1. The molecular formula is C18H18FNO3. The molecular weight excluding hydrogens is 297 g/mol. The lowest BCUT2D eigenvalue weighted by Crippen LogP contribution is -2.35. The number of fused-ring (bicyclic) bond motifs is 1. The van der Waals surface area contributed by atoms with Crippen molar-refractivity contribution in [1.29, 1.82) is 0 Å². The molecule has 5 heteroatoms. The molecule has 0 aromatic heterocycles. The van der Waals surface area contributed by atoms with E-state index in [1.54, 1.807) is 12.1 Å². The molecule has 1 N–H and O–H groups in total. The van der Waals surface area contributed by atoms with Gasteiger partial charge < -0.3 is 14.8 Å². The predicted molar refractivity (Wildman–Crippen MR) is 84.1 cm³/mol. The Morgan fingerprint density at radius 1 is 1.35 bits per heavy atom. The first-order valence-electron chi connectivity index (χ1n) is 7.53. The van der Waals surface area contributed by atoms with Crippen LogP contribution in [0, 0.1) is 12.7 Å². The molecule has 0 spiro atoms. The zero-order valence-corrected chi connectivity index (χ0v) is 12.8. The lowest BCUT2D eigenvalue weighted by atomic mass is 10.0. The molecule has 1 aliphatic rings. The molecule has 2 aromatic rings. The molecule has 0 aliphatic carbocycles. The van der Waals surface area contributed by atoms with E-state index in [0.29, 0.717) is 30.1 Å². The molecule has 1 heterocycles. The minimum Gasteiger partial charge on any atom is -0.493 e. The minimum atomic E-state index is -0.343.